The van der Waals surface area contributed by atoms with Crippen molar-refractivity contribution in [2.75, 3.05) is 62.1 Å². The van der Waals surface area contributed by atoms with Gasteiger partial charge in [-0.3, -0.25) is 4.79 Å². The van der Waals surface area contributed by atoms with Gasteiger partial charge in [0.2, 0.25) is 0 Å². The molecular formula is C74H78F6N14O11. The first-order valence-corrected chi connectivity index (χ1v) is 33.2. The van der Waals surface area contributed by atoms with E-state index in [4.69, 9.17) is 44.4 Å². The first kappa shape index (κ1) is 75.7. The van der Waals surface area contributed by atoms with Crippen molar-refractivity contribution in [3.05, 3.63) is 192 Å². The molecule has 0 saturated carbocycles. The van der Waals surface area contributed by atoms with E-state index < -0.39 is 46.6 Å². The molecule has 0 unspecified atom stereocenters. The Balaban J connectivity index is 0.000000199. The molecule has 6 aromatic heterocycles. The number of aromatic carboxylic acids is 1. The van der Waals surface area contributed by atoms with E-state index in [0.29, 0.717) is 96.0 Å². The Morgan fingerprint density at radius 3 is 1.31 bits per heavy atom. The molecule has 31 heteroatoms. The van der Waals surface area contributed by atoms with Gasteiger partial charge >= 0.3 is 30.5 Å². The number of benzene rings is 4. The number of amides is 3. The maximum absolute atomic E-state index is 13.1. The van der Waals surface area contributed by atoms with Crippen LogP contribution >= 0.6 is 0 Å². The molecule has 2 saturated heterocycles. The summed E-state index contributed by atoms with van der Waals surface area (Å²) in [6.45, 7) is 14.0. The molecule has 4 aromatic carbocycles. The number of pyridine rings is 4. The first-order valence-electron chi connectivity index (χ1n) is 33.2. The maximum atomic E-state index is 13.1. The number of nitrogens with one attached hydrogen (secondary N) is 3. The van der Waals surface area contributed by atoms with Crippen LogP contribution in [0.4, 0.5) is 59.2 Å². The van der Waals surface area contributed by atoms with Gasteiger partial charge in [-0.05, 0) is 175 Å². The number of nitrogen functional groups attached to an aromatic ring is 1. The fraction of sp³-hybridized carbons (Fsp3) is 0.324. The van der Waals surface area contributed by atoms with Crippen LogP contribution in [0, 0.1) is 0 Å². The number of hydrogen-bond donors (Lipinski definition) is 5. The number of anilines is 4. The minimum atomic E-state index is -4.57. The van der Waals surface area contributed by atoms with Crippen LogP contribution in [0.2, 0.25) is 0 Å². The number of nitrogens with two attached hydrogens (primary N) is 1. The summed E-state index contributed by atoms with van der Waals surface area (Å²) in [6.07, 6.45) is -1.10. The molecule has 552 valence electrons. The number of rotatable bonds is 17. The average molecular weight is 1450 g/mol. The van der Waals surface area contributed by atoms with Crippen LogP contribution in [-0.2, 0) is 34.9 Å². The number of carbonyl (C=O) groups excluding carboxylic acids is 3. The summed E-state index contributed by atoms with van der Waals surface area (Å²) in [7, 11) is 3.24. The average Bonchev–Trinajstić information content (AvgIpc) is 1.64. The molecule has 3 amide bonds. The Hall–Kier alpha value is -11.9. The highest BCUT2D eigenvalue weighted by Gasteiger charge is 2.34. The highest BCUT2D eigenvalue weighted by Crippen LogP contribution is 2.39. The highest BCUT2D eigenvalue weighted by atomic mass is 19.4. The number of hydrogen-bond acceptors (Lipinski definition) is 19. The molecule has 0 radical (unpaired) electrons. The van der Waals surface area contributed by atoms with Crippen LogP contribution in [0.25, 0.3) is 22.1 Å². The molecule has 2 atom stereocenters. The largest absolute Gasteiger partial charge is 0.497 e. The Bertz CT molecular complexity index is 4660. The number of methoxy groups -OCH3 is 2. The van der Waals surface area contributed by atoms with Crippen molar-refractivity contribution in [1.29, 1.82) is 0 Å². The highest BCUT2D eigenvalue weighted by molar-refractivity contribution is 6.04. The number of ether oxygens (including phenoxy) is 6. The number of fused-ring (bicyclic) bond motifs is 2. The Kier molecular flexibility index (Phi) is 23.5. The summed E-state index contributed by atoms with van der Waals surface area (Å²) in [5.74, 6) is 2.44. The molecule has 2 fully saturated rings. The van der Waals surface area contributed by atoms with E-state index in [1.54, 1.807) is 77.5 Å². The van der Waals surface area contributed by atoms with Crippen molar-refractivity contribution in [3.8, 4) is 34.5 Å². The lowest BCUT2D eigenvalue weighted by Gasteiger charge is -2.34. The fourth-order valence-electron chi connectivity index (χ4n) is 11.2. The van der Waals surface area contributed by atoms with Gasteiger partial charge in [-0.15, -0.1) is 0 Å². The lowest BCUT2D eigenvalue weighted by atomic mass is 10.1. The van der Waals surface area contributed by atoms with Crippen molar-refractivity contribution in [3.63, 3.8) is 0 Å². The summed E-state index contributed by atoms with van der Waals surface area (Å²) in [6, 6.07) is 34.3. The quantitative estimate of drug-likeness (QED) is 0.0529. The normalized spacial score (nSPS) is 14.7. The predicted octanol–water partition coefficient (Wildman–Crippen LogP) is 15.2. The first-order chi connectivity index (χ1) is 49.8. The van der Waals surface area contributed by atoms with E-state index in [9.17, 15) is 50.6 Å². The van der Waals surface area contributed by atoms with E-state index in [1.807, 2.05) is 94.8 Å². The summed E-state index contributed by atoms with van der Waals surface area (Å²) >= 11 is 0. The molecule has 12 rings (SSSR count). The Labute approximate surface area is 599 Å². The van der Waals surface area contributed by atoms with E-state index in [1.165, 1.54) is 24.3 Å². The minimum Gasteiger partial charge on any atom is -0.497 e. The maximum Gasteiger partial charge on any atom is 0.416 e. The van der Waals surface area contributed by atoms with Crippen molar-refractivity contribution in [1.82, 2.24) is 49.3 Å². The molecule has 0 bridgehead atoms. The number of aromatic nitrogens is 8. The van der Waals surface area contributed by atoms with Crippen LogP contribution in [-0.4, -0.2) is 142 Å². The van der Waals surface area contributed by atoms with Crippen LogP contribution in [0.5, 0.6) is 34.5 Å². The summed E-state index contributed by atoms with van der Waals surface area (Å²) in [4.78, 5) is 69.8. The number of carbonyl (C=O) groups is 4. The second kappa shape index (κ2) is 32.6. The van der Waals surface area contributed by atoms with Crippen LogP contribution in [0.1, 0.15) is 110 Å². The van der Waals surface area contributed by atoms with Gasteiger partial charge in [0.15, 0.2) is 22.9 Å². The van der Waals surface area contributed by atoms with E-state index in [0.717, 1.165) is 85.0 Å². The summed E-state index contributed by atoms with van der Waals surface area (Å²) < 4.78 is 113. The number of likely N-dealkylation sites (tertiary alicyclic amines) is 2. The van der Waals surface area contributed by atoms with E-state index >= 15 is 0 Å². The third-order valence-corrected chi connectivity index (χ3v) is 16.1. The minimum absolute atomic E-state index is 0.0679. The topological polar surface area (TPSA) is 300 Å². The molecule has 0 aliphatic carbocycles. The summed E-state index contributed by atoms with van der Waals surface area (Å²) in [5, 5.41) is 29.9. The van der Waals surface area contributed by atoms with E-state index in [-0.39, 0.29) is 47.0 Å². The molecule has 0 spiro atoms. The molecule has 8 heterocycles. The third-order valence-electron chi connectivity index (χ3n) is 16.1. The second-order valence-corrected chi connectivity index (χ2v) is 26.5. The van der Waals surface area contributed by atoms with Crippen LogP contribution in [0.3, 0.4) is 0 Å². The zero-order valence-electron chi connectivity index (χ0n) is 58.6. The van der Waals surface area contributed by atoms with Crippen molar-refractivity contribution < 1.29 is 79.0 Å². The van der Waals surface area contributed by atoms with Gasteiger partial charge in [-0.25, -0.2) is 43.7 Å². The van der Waals surface area contributed by atoms with Gasteiger partial charge < -0.3 is 65.0 Å². The van der Waals surface area contributed by atoms with Gasteiger partial charge in [0.1, 0.15) is 68.1 Å². The number of piperidine rings is 2. The fourth-order valence-corrected chi connectivity index (χ4v) is 11.2. The zero-order valence-corrected chi connectivity index (χ0v) is 58.6. The lowest BCUT2D eigenvalue weighted by molar-refractivity contribution is -0.138. The van der Waals surface area contributed by atoms with Crippen molar-refractivity contribution >= 4 is 69.4 Å². The Morgan fingerprint density at radius 1 is 0.524 bits per heavy atom. The third kappa shape index (κ3) is 20.7. The number of halogens is 6. The van der Waals surface area contributed by atoms with Gasteiger partial charge in [0.25, 0.3) is 5.91 Å². The molecule has 105 heavy (non-hydrogen) atoms. The number of alkyl halides is 6. The second-order valence-electron chi connectivity index (χ2n) is 26.5. The van der Waals surface area contributed by atoms with Gasteiger partial charge in [-0.1, -0.05) is 24.3 Å². The molecule has 2 aliphatic heterocycles. The number of carboxylic acids is 1. The molecular weight excluding hydrogens is 1370 g/mol. The van der Waals surface area contributed by atoms with Crippen LogP contribution in [0.15, 0.2) is 158 Å². The zero-order chi connectivity index (χ0) is 75.4. The summed E-state index contributed by atoms with van der Waals surface area (Å²) in [5.41, 5.74) is 5.67. The van der Waals surface area contributed by atoms with Gasteiger partial charge in [0.05, 0.1) is 44.0 Å². The molecule has 10 aromatic rings. The monoisotopic (exact) mass is 1450 g/mol. The lowest BCUT2D eigenvalue weighted by Crippen LogP contribution is -2.47. The van der Waals surface area contributed by atoms with Gasteiger partial charge in [-0.2, -0.15) is 36.5 Å². The standard InChI is InChI=1S/C37H38F3N7O5.C31H35N5O6.C6H5F3N2/c1-36(2,3)52-35(49)46-19-5-6-26(22-46)43-32-31-29(16-18-42-33(31)47(45-32)21-23-7-11-27(50-4)12-8-23)51-28-13-9-24(10-14-28)34(48)44-30-20-25(15-17-41-30)37(38,39)40;1-31(2,3)42-30(39)35-17-5-6-22(19-35)33-27-26-25(41-24-13-9-21(10-14-24)29(37)38)15-16-32-28(26)36(34-27)18-20-7-11-23(40-4)12-8-20;7-6(8,9)4-1-2-11-5(10)3-4/h7-18,20,26H,5-6,19,21-22H2,1-4H3,(H,43,45)(H,41,44,48);7-16,22H,5-6,17-19H2,1-4H3,(H,33,34)(H,37,38);1-3H,(H2,10,11)/t26-;22-;/m11./s1. The van der Waals surface area contributed by atoms with Crippen molar-refractivity contribution in [2.45, 2.75) is 116 Å². The molecule has 2 aliphatic rings. The van der Waals surface area contributed by atoms with Gasteiger partial charge in [0, 0.05) is 80.7 Å². The molecule has 25 nitrogen and oxygen atoms in total. The smallest absolute Gasteiger partial charge is 0.416 e. The van der Waals surface area contributed by atoms with E-state index in [2.05, 4.69) is 35.9 Å². The van der Waals surface area contributed by atoms with Crippen LogP contribution < -0.4 is 40.6 Å². The number of carboxylic acid groups (broad SMARTS) is 1. The number of nitrogens with zero attached hydrogens (tertiary/aromatic N) is 10. The molecule has 6 N–H and O–H groups in total. The van der Waals surface area contributed by atoms with Crippen molar-refractivity contribution in [2.24, 2.45) is 0 Å². The Morgan fingerprint density at radius 2 is 0.924 bits per heavy atom. The predicted molar refractivity (Wildman–Crippen MR) is 379 cm³/mol. The SMILES string of the molecule is COc1ccc(Cn2nc(N[C@@H]3CCCN(C(=O)OC(C)(C)C)C3)c3c(Oc4ccc(C(=O)Nc5cc(C(F)(F)F)ccn5)cc4)ccnc32)cc1.COc1ccc(Cn2nc(N[C@@H]3CCCN(C(=O)OC(C)(C)C)C3)c3c(Oc4ccc(C(=O)O)cc4)ccnc32)cc1.Nc1cc(C(F)(F)F)ccn1.